The molecule has 1 unspecified atom stereocenters. The third kappa shape index (κ3) is 7.69. The lowest BCUT2D eigenvalue weighted by Crippen LogP contribution is -2.49. The smallest absolute Gasteiger partial charge is 0.328 e. The SMILES string of the molecule is CCN(CC)C(C)(C(=O)O)c1ccc(CNC(=O)CCCC/C=C/C(C)C)cc1OC. The Kier molecular flexibility index (Phi) is 11.3. The summed E-state index contributed by atoms with van der Waals surface area (Å²) in [6.45, 7) is 11.5. The van der Waals surface area contributed by atoms with Crippen molar-refractivity contribution < 1.29 is 19.4 Å². The summed E-state index contributed by atoms with van der Waals surface area (Å²) in [5, 5.41) is 12.9. The molecule has 0 saturated carbocycles. The molecule has 0 aliphatic carbocycles. The predicted molar refractivity (Wildman–Crippen MR) is 125 cm³/mol. The van der Waals surface area contributed by atoms with Crippen LogP contribution in [0.25, 0.3) is 0 Å². The fourth-order valence-corrected chi connectivity index (χ4v) is 3.73. The molecule has 1 rings (SSSR count). The van der Waals surface area contributed by atoms with Crippen molar-refractivity contribution in [1.29, 1.82) is 0 Å². The molecule has 6 heteroatoms. The second kappa shape index (κ2) is 13.2. The quantitative estimate of drug-likeness (QED) is 0.328. The number of methoxy groups -OCH3 is 1. The summed E-state index contributed by atoms with van der Waals surface area (Å²) in [7, 11) is 1.54. The Morgan fingerprint density at radius 1 is 1.23 bits per heavy atom. The molecule has 0 aliphatic heterocycles. The first-order valence-electron chi connectivity index (χ1n) is 11.3. The number of ether oxygens (including phenoxy) is 1. The zero-order valence-electron chi connectivity index (χ0n) is 20.0. The number of rotatable bonds is 14. The molecule has 0 fully saturated rings. The number of likely N-dealkylation sites (N-methyl/N-ethyl adjacent to an activating group) is 1. The molecule has 6 nitrogen and oxygen atoms in total. The number of unbranched alkanes of at least 4 members (excludes halogenated alkanes) is 2. The summed E-state index contributed by atoms with van der Waals surface area (Å²) < 4.78 is 5.54. The van der Waals surface area contributed by atoms with Gasteiger partial charge < -0.3 is 15.2 Å². The lowest BCUT2D eigenvalue weighted by atomic mass is 9.88. The molecule has 2 N–H and O–H groups in total. The van der Waals surface area contributed by atoms with Crippen molar-refractivity contribution in [3.63, 3.8) is 0 Å². The Hall–Kier alpha value is -2.34. The van der Waals surface area contributed by atoms with E-state index in [0.717, 1.165) is 24.8 Å². The van der Waals surface area contributed by atoms with Gasteiger partial charge in [-0.3, -0.25) is 9.69 Å². The monoisotopic (exact) mass is 432 g/mol. The summed E-state index contributed by atoms with van der Waals surface area (Å²) in [5.74, 6) is 0.181. The number of nitrogens with one attached hydrogen (secondary N) is 1. The topological polar surface area (TPSA) is 78.9 Å². The van der Waals surface area contributed by atoms with Gasteiger partial charge in [-0.05, 0) is 56.8 Å². The van der Waals surface area contributed by atoms with Crippen LogP contribution in [0.5, 0.6) is 5.75 Å². The first-order valence-corrected chi connectivity index (χ1v) is 11.3. The minimum atomic E-state index is -1.19. The molecule has 0 saturated heterocycles. The standard InChI is InChI=1S/C25H40N2O4/c1-7-27(8-2)25(5,24(29)30)21-16-15-20(17-22(21)31-6)18-26-23(28)14-12-10-9-11-13-19(3)4/h11,13,15-17,19H,7-10,12,14,18H2,1-6H3,(H,26,28)(H,29,30)/b13-11+. The Morgan fingerprint density at radius 3 is 2.45 bits per heavy atom. The van der Waals surface area contributed by atoms with E-state index in [4.69, 9.17) is 4.74 Å². The molecule has 1 atom stereocenters. The summed E-state index contributed by atoms with van der Waals surface area (Å²) in [4.78, 5) is 26.2. The first-order chi connectivity index (χ1) is 14.7. The van der Waals surface area contributed by atoms with Crippen molar-refractivity contribution in [1.82, 2.24) is 10.2 Å². The highest BCUT2D eigenvalue weighted by Crippen LogP contribution is 2.36. The van der Waals surface area contributed by atoms with Crippen LogP contribution in [0.4, 0.5) is 0 Å². The van der Waals surface area contributed by atoms with E-state index >= 15 is 0 Å². The Morgan fingerprint density at radius 2 is 1.90 bits per heavy atom. The summed E-state index contributed by atoms with van der Waals surface area (Å²) in [5.41, 5.74) is 0.289. The normalized spacial score (nSPS) is 13.5. The van der Waals surface area contributed by atoms with Gasteiger partial charge in [-0.1, -0.05) is 52.0 Å². The molecule has 0 radical (unpaired) electrons. The van der Waals surface area contributed by atoms with E-state index in [2.05, 4.69) is 31.3 Å². The van der Waals surface area contributed by atoms with Crippen LogP contribution in [0.3, 0.4) is 0 Å². The molecule has 174 valence electrons. The largest absolute Gasteiger partial charge is 0.496 e. The maximum atomic E-state index is 12.2. The fraction of sp³-hybridized carbons (Fsp3) is 0.600. The number of carbonyl (C=O) groups is 2. The third-order valence-corrected chi connectivity index (χ3v) is 5.64. The lowest BCUT2D eigenvalue weighted by molar-refractivity contribution is -0.151. The number of carbonyl (C=O) groups excluding carboxylic acids is 1. The van der Waals surface area contributed by atoms with Crippen molar-refractivity contribution in [2.75, 3.05) is 20.2 Å². The Balaban J connectivity index is 2.76. The van der Waals surface area contributed by atoms with Crippen LogP contribution < -0.4 is 10.1 Å². The minimum Gasteiger partial charge on any atom is -0.496 e. The van der Waals surface area contributed by atoms with E-state index in [1.165, 1.54) is 0 Å². The van der Waals surface area contributed by atoms with Crippen molar-refractivity contribution in [3.8, 4) is 5.75 Å². The lowest BCUT2D eigenvalue weighted by Gasteiger charge is -2.37. The van der Waals surface area contributed by atoms with Gasteiger partial charge in [-0.25, -0.2) is 4.79 Å². The van der Waals surface area contributed by atoms with Gasteiger partial charge >= 0.3 is 5.97 Å². The summed E-state index contributed by atoms with van der Waals surface area (Å²) in [6.07, 6.45) is 7.73. The van der Waals surface area contributed by atoms with E-state index in [1.807, 2.05) is 30.9 Å². The molecule has 0 aliphatic rings. The number of benzene rings is 1. The van der Waals surface area contributed by atoms with Gasteiger partial charge in [-0.15, -0.1) is 0 Å². The maximum absolute atomic E-state index is 12.2. The van der Waals surface area contributed by atoms with Gasteiger partial charge in [0.1, 0.15) is 11.3 Å². The zero-order chi connectivity index (χ0) is 23.4. The molecule has 0 bridgehead atoms. The Labute approximate surface area is 187 Å². The van der Waals surface area contributed by atoms with Crippen molar-refractivity contribution in [3.05, 3.63) is 41.5 Å². The summed E-state index contributed by atoms with van der Waals surface area (Å²) >= 11 is 0. The Bertz CT molecular complexity index is 741. The van der Waals surface area contributed by atoms with Gasteiger partial charge in [0.15, 0.2) is 0 Å². The van der Waals surface area contributed by atoms with Crippen LogP contribution in [-0.2, 0) is 21.7 Å². The average molecular weight is 433 g/mol. The van der Waals surface area contributed by atoms with Gasteiger partial charge in [0.05, 0.1) is 7.11 Å². The molecule has 0 heterocycles. The number of aliphatic carboxylic acids is 1. The van der Waals surface area contributed by atoms with E-state index < -0.39 is 11.5 Å². The van der Waals surface area contributed by atoms with Gasteiger partial charge in [-0.2, -0.15) is 0 Å². The van der Waals surface area contributed by atoms with Crippen LogP contribution in [0.2, 0.25) is 0 Å². The van der Waals surface area contributed by atoms with Gasteiger partial charge in [0.2, 0.25) is 5.91 Å². The second-order valence-corrected chi connectivity index (χ2v) is 8.28. The molecule has 1 aromatic carbocycles. The fourth-order valence-electron chi connectivity index (χ4n) is 3.73. The van der Waals surface area contributed by atoms with Crippen LogP contribution in [0.15, 0.2) is 30.4 Å². The minimum absolute atomic E-state index is 0.0226. The zero-order valence-corrected chi connectivity index (χ0v) is 20.0. The third-order valence-electron chi connectivity index (χ3n) is 5.64. The second-order valence-electron chi connectivity index (χ2n) is 8.28. The maximum Gasteiger partial charge on any atom is 0.328 e. The molecule has 31 heavy (non-hydrogen) atoms. The number of nitrogens with zero attached hydrogens (tertiary/aromatic N) is 1. The number of carboxylic acids is 1. The molecule has 0 spiro atoms. The van der Waals surface area contributed by atoms with Crippen molar-refractivity contribution >= 4 is 11.9 Å². The van der Waals surface area contributed by atoms with Gasteiger partial charge in [0, 0.05) is 18.5 Å². The molecule has 1 aromatic rings. The highest BCUT2D eigenvalue weighted by molar-refractivity contribution is 5.81. The number of hydrogen-bond acceptors (Lipinski definition) is 4. The highest BCUT2D eigenvalue weighted by atomic mass is 16.5. The molecular formula is C25H40N2O4. The number of carboxylic acid groups (broad SMARTS) is 1. The van der Waals surface area contributed by atoms with E-state index in [1.54, 1.807) is 20.1 Å². The molecule has 0 aromatic heterocycles. The number of hydrogen-bond donors (Lipinski definition) is 2. The van der Waals surface area contributed by atoms with Gasteiger partial charge in [0.25, 0.3) is 0 Å². The highest BCUT2D eigenvalue weighted by Gasteiger charge is 2.42. The van der Waals surface area contributed by atoms with Crippen LogP contribution >= 0.6 is 0 Å². The van der Waals surface area contributed by atoms with Crippen molar-refractivity contribution in [2.24, 2.45) is 5.92 Å². The number of amides is 1. The van der Waals surface area contributed by atoms with Crippen LogP contribution in [-0.4, -0.2) is 42.1 Å². The van der Waals surface area contributed by atoms with Crippen LogP contribution in [0, 0.1) is 5.92 Å². The number of allylic oxidation sites excluding steroid dienone is 2. The molecular weight excluding hydrogens is 392 g/mol. The first kappa shape index (κ1) is 26.7. The van der Waals surface area contributed by atoms with E-state index in [-0.39, 0.29) is 5.91 Å². The van der Waals surface area contributed by atoms with Crippen LogP contribution in [0.1, 0.15) is 71.4 Å². The summed E-state index contributed by atoms with van der Waals surface area (Å²) in [6, 6.07) is 5.48. The van der Waals surface area contributed by atoms with E-state index in [9.17, 15) is 14.7 Å². The predicted octanol–water partition coefficient (Wildman–Crippen LogP) is 4.73. The van der Waals surface area contributed by atoms with E-state index in [0.29, 0.717) is 43.3 Å². The van der Waals surface area contributed by atoms with Crippen molar-refractivity contribution in [2.45, 2.75) is 72.4 Å². The average Bonchev–Trinajstić information content (AvgIpc) is 2.74. The molecule has 1 amide bonds.